The number of esters is 1. The van der Waals surface area contributed by atoms with Crippen molar-refractivity contribution in [1.82, 2.24) is 15.0 Å². The molecule has 0 amide bonds. The zero-order chi connectivity index (χ0) is 21.7. The highest BCUT2D eigenvalue weighted by molar-refractivity contribution is 6.14. The van der Waals surface area contributed by atoms with Crippen molar-refractivity contribution < 1.29 is 24.0 Å². The third-order valence-electron chi connectivity index (χ3n) is 4.26. The summed E-state index contributed by atoms with van der Waals surface area (Å²) in [5, 5.41) is 19.1. The SMILES string of the molecule is CCOC(=O)c1nnn(Cc2ccc(OC)cc2)c1C(=O)c1ccccc1[N+](=O)[O-]. The second-order valence-corrected chi connectivity index (χ2v) is 6.12. The molecule has 10 heteroatoms. The summed E-state index contributed by atoms with van der Waals surface area (Å²) in [6.07, 6.45) is 0. The minimum Gasteiger partial charge on any atom is -0.497 e. The van der Waals surface area contributed by atoms with Gasteiger partial charge in [0.1, 0.15) is 17.0 Å². The van der Waals surface area contributed by atoms with Gasteiger partial charge in [0.05, 0.1) is 25.2 Å². The Morgan fingerprint density at radius 3 is 2.47 bits per heavy atom. The van der Waals surface area contributed by atoms with E-state index < -0.39 is 16.7 Å². The highest BCUT2D eigenvalue weighted by Gasteiger charge is 2.31. The molecule has 0 atom stereocenters. The van der Waals surface area contributed by atoms with E-state index in [2.05, 4.69) is 10.3 Å². The first-order valence-corrected chi connectivity index (χ1v) is 8.97. The molecule has 0 spiro atoms. The van der Waals surface area contributed by atoms with Crippen LogP contribution >= 0.6 is 0 Å². The zero-order valence-corrected chi connectivity index (χ0v) is 16.3. The van der Waals surface area contributed by atoms with E-state index in [1.165, 1.54) is 28.9 Å². The molecule has 0 saturated heterocycles. The molecule has 0 N–H and O–H groups in total. The summed E-state index contributed by atoms with van der Waals surface area (Å²) in [6, 6.07) is 12.5. The molecule has 0 aliphatic rings. The van der Waals surface area contributed by atoms with Gasteiger partial charge in [-0.2, -0.15) is 0 Å². The van der Waals surface area contributed by atoms with Gasteiger partial charge < -0.3 is 9.47 Å². The number of nitro benzene ring substituents is 1. The Kier molecular flexibility index (Phi) is 6.16. The van der Waals surface area contributed by atoms with Crippen molar-refractivity contribution in [1.29, 1.82) is 0 Å². The maximum Gasteiger partial charge on any atom is 0.361 e. The fourth-order valence-corrected chi connectivity index (χ4v) is 2.84. The third kappa shape index (κ3) is 4.17. The van der Waals surface area contributed by atoms with Gasteiger partial charge in [0.15, 0.2) is 0 Å². The van der Waals surface area contributed by atoms with E-state index in [4.69, 9.17) is 9.47 Å². The number of para-hydroxylation sites is 1. The van der Waals surface area contributed by atoms with Crippen LogP contribution in [-0.4, -0.2) is 45.4 Å². The van der Waals surface area contributed by atoms with Crippen LogP contribution in [-0.2, 0) is 11.3 Å². The largest absolute Gasteiger partial charge is 0.497 e. The van der Waals surface area contributed by atoms with Gasteiger partial charge in [-0.1, -0.05) is 29.5 Å². The maximum atomic E-state index is 13.2. The number of aromatic nitrogens is 3. The van der Waals surface area contributed by atoms with Crippen molar-refractivity contribution in [3.05, 3.63) is 81.2 Å². The second-order valence-electron chi connectivity index (χ2n) is 6.12. The van der Waals surface area contributed by atoms with Gasteiger partial charge in [0, 0.05) is 6.07 Å². The number of carbonyl (C=O) groups is 2. The Labute approximate surface area is 171 Å². The van der Waals surface area contributed by atoms with E-state index in [1.807, 2.05) is 0 Å². The summed E-state index contributed by atoms with van der Waals surface area (Å²) in [6.45, 7) is 1.80. The number of methoxy groups -OCH3 is 1. The van der Waals surface area contributed by atoms with Gasteiger partial charge in [-0.15, -0.1) is 5.10 Å². The summed E-state index contributed by atoms with van der Waals surface area (Å²) in [5.74, 6) is -0.926. The normalized spacial score (nSPS) is 10.5. The van der Waals surface area contributed by atoms with E-state index in [1.54, 1.807) is 38.3 Å². The summed E-state index contributed by atoms with van der Waals surface area (Å²) in [4.78, 5) is 36.3. The third-order valence-corrected chi connectivity index (χ3v) is 4.26. The Hall–Kier alpha value is -4.08. The van der Waals surface area contributed by atoms with Crippen LogP contribution in [0.2, 0.25) is 0 Å². The van der Waals surface area contributed by atoms with Gasteiger partial charge >= 0.3 is 5.97 Å². The van der Waals surface area contributed by atoms with Crippen LogP contribution in [0.4, 0.5) is 5.69 Å². The van der Waals surface area contributed by atoms with E-state index in [0.717, 1.165) is 5.56 Å². The van der Waals surface area contributed by atoms with Crippen molar-refractivity contribution in [3.8, 4) is 5.75 Å². The number of benzene rings is 2. The number of carbonyl (C=O) groups excluding carboxylic acids is 2. The molecule has 0 radical (unpaired) electrons. The molecule has 1 heterocycles. The van der Waals surface area contributed by atoms with Crippen LogP contribution in [0.25, 0.3) is 0 Å². The molecule has 0 unspecified atom stereocenters. The van der Waals surface area contributed by atoms with Gasteiger partial charge in [0.25, 0.3) is 5.69 Å². The fourth-order valence-electron chi connectivity index (χ4n) is 2.84. The lowest BCUT2D eigenvalue weighted by atomic mass is 10.0. The summed E-state index contributed by atoms with van der Waals surface area (Å²) in [7, 11) is 1.54. The molecule has 3 rings (SSSR count). The van der Waals surface area contributed by atoms with Gasteiger partial charge in [0.2, 0.25) is 11.5 Å². The standard InChI is InChI=1S/C20H18N4O6/c1-3-30-20(26)17-18(19(25)15-6-4-5-7-16(15)24(27)28)23(22-21-17)12-13-8-10-14(29-2)11-9-13/h4-11H,3,12H2,1-2H3. The lowest BCUT2D eigenvalue weighted by molar-refractivity contribution is -0.385. The minimum absolute atomic E-state index is 0.0727. The maximum absolute atomic E-state index is 13.2. The minimum atomic E-state index is -0.833. The number of rotatable bonds is 8. The van der Waals surface area contributed by atoms with Crippen LogP contribution in [0.1, 0.15) is 39.0 Å². The van der Waals surface area contributed by atoms with E-state index in [9.17, 15) is 19.7 Å². The smallest absolute Gasteiger partial charge is 0.361 e. The molecule has 0 fully saturated rings. The predicted octanol–water partition coefficient (Wildman–Crippen LogP) is 2.65. The fraction of sp³-hybridized carbons (Fsp3) is 0.200. The molecule has 10 nitrogen and oxygen atoms in total. The molecule has 0 saturated carbocycles. The molecule has 0 aliphatic carbocycles. The van der Waals surface area contributed by atoms with Crippen molar-refractivity contribution >= 4 is 17.4 Å². The first kappa shape index (κ1) is 20.6. The van der Waals surface area contributed by atoms with Crippen molar-refractivity contribution in [2.24, 2.45) is 0 Å². The van der Waals surface area contributed by atoms with Crippen molar-refractivity contribution in [3.63, 3.8) is 0 Å². The van der Waals surface area contributed by atoms with E-state index in [-0.39, 0.29) is 35.8 Å². The predicted molar refractivity (Wildman–Crippen MR) is 105 cm³/mol. The summed E-state index contributed by atoms with van der Waals surface area (Å²) < 4.78 is 11.3. The number of ketones is 1. The Morgan fingerprint density at radius 1 is 1.13 bits per heavy atom. The molecule has 30 heavy (non-hydrogen) atoms. The van der Waals surface area contributed by atoms with Crippen molar-refractivity contribution in [2.45, 2.75) is 13.5 Å². The number of nitrogens with zero attached hydrogens (tertiary/aromatic N) is 4. The first-order valence-electron chi connectivity index (χ1n) is 8.97. The average Bonchev–Trinajstić information content (AvgIpc) is 3.17. The summed E-state index contributed by atoms with van der Waals surface area (Å²) >= 11 is 0. The van der Waals surface area contributed by atoms with Crippen LogP contribution in [0.3, 0.4) is 0 Å². The monoisotopic (exact) mass is 410 g/mol. The topological polar surface area (TPSA) is 126 Å². The zero-order valence-electron chi connectivity index (χ0n) is 16.3. The van der Waals surface area contributed by atoms with E-state index >= 15 is 0 Å². The molecule has 154 valence electrons. The lowest BCUT2D eigenvalue weighted by Gasteiger charge is -2.09. The number of hydrogen-bond donors (Lipinski definition) is 0. The number of ether oxygens (including phenoxy) is 2. The molecule has 2 aromatic carbocycles. The van der Waals surface area contributed by atoms with Gasteiger partial charge in [-0.3, -0.25) is 14.9 Å². The summed E-state index contributed by atoms with van der Waals surface area (Å²) in [5.41, 5.74) is -0.277. The molecule has 0 aliphatic heterocycles. The highest BCUT2D eigenvalue weighted by atomic mass is 16.6. The second kappa shape index (κ2) is 8.95. The molecular formula is C20H18N4O6. The Balaban J connectivity index is 2.08. The van der Waals surface area contributed by atoms with Crippen LogP contribution in [0.15, 0.2) is 48.5 Å². The molecule has 3 aromatic rings. The quantitative estimate of drug-likeness (QED) is 0.240. The average molecular weight is 410 g/mol. The first-order chi connectivity index (χ1) is 14.5. The highest BCUT2D eigenvalue weighted by Crippen LogP contribution is 2.23. The van der Waals surface area contributed by atoms with Crippen LogP contribution < -0.4 is 4.74 Å². The molecular weight excluding hydrogens is 392 g/mol. The van der Waals surface area contributed by atoms with E-state index in [0.29, 0.717) is 5.75 Å². The van der Waals surface area contributed by atoms with Crippen molar-refractivity contribution in [2.75, 3.05) is 13.7 Å². The molecule has 0 bridgehead atoms. The number of hydrogen-bond acceptors (Lipinski definition) is 8. The number of nitro groups is 1. The Morgan fingerprint density at radius 2 is 1.83 bits per heavy atom. The van der Waals surface area contributed by atoms with Crippen LogP contribution in [0, 0.1) is 10.1 Å². The Bertz CT molecular complexity index is 1090. The molecule has 1 aromatic heterocycles. The van der Waals surface area contributed by atoms with Gasteiger partial charge in [-0.25, -0.2) is 9.48 Å². The van der Waals surface area contributed by atoms with Gasteiger partial charge in [-0.05, 0) is 30.7 Å². The van der Waals surface area contributed by atoms with Crippen LogP contribution in [0.5, 0.6) is 5.75 Å². The lowest BCUT2D eigenvalue weighted by Crippen LogP contribution is -2.18.